The lowest BCUT2D eigenvalue weighted by Gasteiger charge is -2.05. The SMILES string of the molecule is Fc1cccc(-c2c(F)cncc2F)c1F. The first-order valence-corrected chi connectivity index (χ1v) is 4.34. The van der Waals surface area contributed by atoms with E-state index in [0.29, 0.717) is 0 Å². The first kappa shape index (κ1) is 10.6. The van der Waals surface area contributed by atoms with Crippen LogP contribution < -0.4 is 0 Å². The van der Waals surface area contributed by atoms with Crippen molar-refractivity contribution in [1.82, 2.24) is 4.98 Å². The van der Waals surface area contributed by atoms with E-state index in [2.05, 4.69) is 4.98 Å². The van der Waals surface area contributed by atoms with E-state index in [1.807, 2.05) is 0 Å². The Labute approximate surface area is 88.4 Å². The Morgan fingerprint density at radius 1 is 0.812 bits per heavy atom. The van der Waals surface area contributed by atoms with Crippen molar-refractivity contribution < 1.29 is 17.6 Å². The first-order chi connectivity index (χ1) is 7.61. The Balaban J connectivity index is 2.73. The number of pyridine rings is 1. The van der Waals surface area contributed by atoms with Crippen molar-refractivity contribution in [2.75, 3.05) is 0 Å². The van der Waals surface area contributed by atoms with Gasteiger partial charge in [0.15, 0.2) is 23.3 Å². The molecule has 0 atom stereocenters. The number of hydrogen-bond acceptors (Lipinski definition) is 1. The highest BCUT2D eigenvalue weighted by atomic mass is 19.2. The van der Waals surface area contributed by atoms with Gasteiger partial charge in [-0.1, -0.05) is 12.1 Å². The summed E-state index contributed by atoms with van der Waals surface area (Å²) < 4.78 is 52.7. The molecule has 16 heavy (non-hydrogen) atoms. The van der Waals surface area contributed by atoms with E-state index in [9.17, 15) is 17.6 Å². The Morgan fingerprint density at radius 3 is 2.06 bits per heavy atom. The van der Waals surface area contributed by atoms with Gasteiger partial charge in [0.2, 0.25) is 0 Å². The van der Waals surface area contributed by atoms with Crippen molar-refractivity contribution >= 4 is 0 Å². The summed E-state index contributed by atoms with van der Waals surface area (Å²) in [6, 6.07) is 3.14. The van der Waals surface area contributed by atoms with Crippen LogP contribution in [0.4, 0.5) is 17.6 Å². The first-order valence-electron chi connectivity index (χ1n) is 4.34. The smallest absolute Gasteiger partial charge is 0.166 e. The molecule has 0 radical (unpaired) electrons. The summed E-state index contributed by atoms with van der Waals surface area (Å²) in [5.41, 5.74) is -1.08. The number of halogens is 4. The van der Waals surface area contributed by atoms with Crippen molar-refractivity contribution in [1.29, 1.82) is 0 Å². The molecule has 82 valence electrons. The van der Waals surface area contributed by atoms with E-state index in [-0.39, 0.29) is 0 Å². The highest BCUT2D eigenvalue weighted by molar-refractivity contribution is 5.64. The third-order valence-corrected chi connectivity index (χ3v) is 2.07. The summed E-state index contributed by atoms with van der Waals surface area (Å²) in [5, 5.41) is 0. The zero-order chi connectivity index (χ0) is 11.7. The van der Waals surface area contributed by atoms with Crippen LogP contribution >= 0.6 is 0 Å². The van der Waals surface area contributed by atoms with Gasteiger partial charge >= 0.3 is 0 Å². The van der Waals surface area contributed by atoms with Gasteiger partial charge in [-0.3, -0.25) is 4.98 Å². The van der Waals surface area contributed by atoms with Crippen molar-refractivity contribution in [3.05, 3.63) is 53.9 Å². The van der Waals surface area contributed by atoms with E-state index < -0.39 is 34.4 Å². The van der Waals surface area contributed by atoms with Crippen LogP contribution in [0.5, 0.6) is 0 Å². The number of hydrogen-bond donors (Lipinski definition) is 0. The highest BCUT2D eigenvalue weighted by Crippen LogP contribution is 2.28. The van der Waals surface area contributed by atoms with Crippen LogP contribution in [-0.4, -0.2) is 4.98 Å². The third-order valence-electron chi connectivity index (χ3n) is 2.07. The molecular weight excluding hydrogens is 222 g/mol. The average molecular weight is 227 g/mol. The fraction of sp³-hybridized carbons (Fsp3) is 0. The van der Waals surface area contributed by atoms with Gasteiger partial charge in [0.05, 0.1) is 18.0 Å². The molecule has 0 bridgehead atoms. The average Bonchev–Trinajstić information content (AvgIpc) is 2.24. The minimum Gasteiger partial charge on any atom is -0.259 e. The molecule has 5 heteroatoms. The van der Waals surface area contributed by atoms with Gasteiger partial charge in [0.25, 0.3) is 0 Å². The molecule has 0 aliphatic heterocycles. The van der Waals surface area contributed by atoms with E-state index in [4.69, 9.17) is 0 Å². The van der Waals surface area contributed by atoms with Crippen LogP contribution in [-0.2, 0) is 0 Å². The Kier molecular flexibility index (Phi) is 2.60. The molecule has 0 aliphatic carbocycles. The van der Waals surface area contributed by atoms with Crippen LogP contribution in [0.25, 0.3) is 11.1 Å². The normalized spacial score (nSPS) is 10.5. The second-order valence-electron chi connectivity index (χ2n) is 3.08. The minimum atomic E-state index is -1.29. The third kappa shape index (κ3) is 1.64. The quantitative estimate of drug-likeness (QED) is 0.681. The van der Waals surface area contributed by atoms with Gasteiger partial charge in [-0.25, -0.2) is 17.6 Å². The van der Waals surface area contributed by atoms with Gasteiger partial charge in [0, 0.05) is 5.56 Å². The molecule has 2 rings (SSSR count). The highest BCUT2D eigenvalue weighted by Gasteiger charge is 2.17. The van der Waals surface area contributed by atoms with Gasteiger partial charge < -0.3 is 0 Å². The van der Waals surface area contributed by atoms with Crippen LogP contribution in [0.2, 0.25) is 0 Å². The predicted molar refractivity (Wildman–Crippen MR) is 49.5 cm³/mol. The molecule has 0 aliphatic rings. The van der Waals surface area contributed by atoms with Crippen molar-refractivity contribution in [2.45, 2.75) is 0 Å². The number of aromatic nitrogens is 1. The second kappa shape index (κ2) is 3.92. The maximum absolute atomic E-state index is 13.3. The monoisotopic (exact) mass is 227 g/mol. The minimum absolute atomic E-state index is 0.461. The van der Waals surface area contributed by atoms with E-state index >= 15 is 0 Å². The predicted octanol–water partition coefficient (Wildman–Crippen LogP) is 3.31. The van der Waals surface area contributed by atoms with Crippen LogP contribution in [0.1, 0.15) is 0 Å². The molecule has 1 aromatic carbocycles. The molecule has 0 spiro atoms. The molecule has 0 N–H and O–H groups in total. The molecule has 2 aromatic rings. The lowest BCUT2D eigenvalue weighted by Crippen LogP contribution is -1.96. The second-order valence-corrected chi connectivity index (χ2v) is 3.08. The van der Waals surface area contributed by atoms with Crippen LogP contribution in [0.15, 0.2) is 30.6 Å². The molecule has 1 nitrogen and oxygen atoms in total. The molecular formula is C11H5F4N. The van der Waals surface area contributed by atoms with Crippen LogP contribution in [0, 0.1) is 23.3 Å². The standard InChI is InChI=1S/C11H5F4N/c12-7-3-1-2-6(11(7)15)10-8(13)4-16-5-9(10)14/h1-5H. The topological polar surface area (TPSA) is 12.9 Å². The molecule has 0 amide bonds. The van der Waals surface area contributed by atoms with Crippen molar-refractivity contribution in [3.63, 3.8) is 0 Å². The summed E-state index contributed by atoms with van der Waals surface area (Å²) in [7, 11) is 0. The fourth-order valence-corrected chi connectivity index (χ4v) is 1.37. The fourth-order valence-electron chi connectivity index (χ4n) is 1.37. The summed E-state index contributed by atoms with van der Waals surface area (Å²) in [5.74, 6) is -4.52. The van der Waals surface area contributed by atoms with Gasteiger partial charge in [-0.05, 0) is 6.07 Å². The van der Waals surface area contributed by atoms with Crippen molar-refractivity contribution in [3.8, 4) is 11.1 Å². The zero-order valence-corrected chi connectivity index (χ0v) is 7.85. The zero-order valence-electron chi connectivity index (χ0n) is 7.85. The maximum Gasteiger partial charge on any atom is 0.166 e. The Morgan fingerprint density at radius 2 is 1.44 bits per heavy atom. The summed E-state index contributed by atoms with van der Waals surface area (Å²) in [4.78, 5) is 3.26. The lowest BCUT2D eigenvalue weighted by molar-refractivity contribution is 0.508. The maximum atomic E-state index is 13.3. The van der Waals surface area contributed by atoms with Gasteiger partial charge in [-0.2, -0.15) is 0 Å². The van der Waals surface area contributed by atoms with Gasteiger partial charge in [-0.15, -0.1) is 0 Å². The summed E-state index contributed by atoms with van der Waals surface area (Å²) in [6.45, 7) is 0. The van der Waals surface area contributed by atoms with Gasteiger partial charge in [0.1, 0.15) is 0 Å². The van der Waals surface area contributed by atoms with E-state index in [1.54, 1.807) is 0 Å². The Hall–Kier alpha value is -1.91. The van der Waals surface area contributed by atoms with Crippen molar-refractivity contribution in [2.24, 2.45) is 0 Å². The summed E-state index contributed by atoms with van der Waals surface area (Å²) >= 11 is 0. The lowest BCUT2D eigenvalue weighted by atomic mass is 10.1. The molecule has 0 saturated carbocycles. The molecule has 0 saturated heterocycles. The Bertz CT molecular complexity index is 519. The number of rotatable bonds is 1. The molecule has 0 fully saturated rings. The number of nitrogens with zero attached hydrogens (tertiary/aromatic N) is 1. The molecule has 1 aromatic heterocycles. The van der Waals surface area contributed by atoms with E-state index in [1.165, 1.54) is 6.07 Å². The number of benzene rings is 1. The largest absolute Gasteiger partial charge is 0.259 e. The molecule has 0 unspecified atom stereocenters. The van der Waals surface area contributed by atoms with Crippen LogP contribution in [0.3, 0.4) is 0 Å². The van der Waals surface area contributed by atoms with E-state index in [0.717, 1.165) is 24.5 Å². The summed E-state index contributed by atoms with van der Waals surface area (Å²) in [6.07, 6.45) is 1.48. The molecule has 1 heterocycles.